The molecule has 0 saturated carbocycles. The maximum atomic E-state index is 12.0. The zero-order chi connectivity index (χ0) is 18.7. The Morgan fingerprint density at radius 3 is 2.31 bits per heavy atom. The molecule has 0 spiro atoms. The van der Waals surface area contributed by atoms with Crippen molar-refractivity contribution in [2.75, 3.05) is 18.1 Å². The summed E-state index contributed by atoms with van der Waals surface area (Å²) in [4.78, 5) is 2.24. The molecule has 1 aromatic rings. The number of rotatable bonds is 11. The van der Waals surface area contributed by atoms with Crippen molar-refractivity contribution < 1.29 is 17.9 Å². The molecule has 0 amide bonds. The zero-order valence-electron chi connectivity index (χ0n) is 15.4. The van der Waals surface area contributed by atoms with E-state index in [1.165, 1.54) is 0 Å². The lowest BCUT2D eigenvalue weighted by atomic mass is 10.1. The summed E-state index contributed by atoms with van der Waals surface area (Å²) in [5, 5.41) is 0. The van der Waals surface area contributed by atoms with Crippen LogP contribution in [0.5, 0.6) is 5.75 Å². The molecule has 0 fully saturated rings. The van der Waals surface area contributed by atoms with Gasteiger partial charge in [0, 0.05) is 19.2 Å². The number of alkyl halides is 3. The third kappa shape index (κ3) is 8.15. The van der Waals surface area contributed by atoms with E-state index >= 15 is 0 Å². The van der Waals surface area contributed by atoms with E-state index in [-0.39, 0.29) is 6.42 Å². The molecule has 0 unspecified atom stereocenters. The van der Waals surface area contributed by atoms with E-state index in [0.29, 0.717) is 13.0 Å². The van der Waals surface area contributed by atoms with Gasteiger partial charge in [0.05, 0.1) is 12.3 Å². The topological polar surface area (TPSA) is 12.5 Å². The predicted octanol–water partition coefficient (Wildman–Crippen LogP) is 6.86. The first-order valence-electron chi connectivity index (χ1n) is 9.78. The van der Waals surface area contributed by atoms with Crippen molar-refractivity contribution in [1.82, 2.24) is 0 Å². The van der Waals surface area contributed by atoms with Crippen molar-refractivity contribution in [3.8, 4) is 5.75 Å². The molecule has 0 N–H and O–H groups in total. The van der Waals surface area contributed by atoms with Crippen LogP contribution in [0, 0.1) is 0 Å². The van der Waals surface area contributed by atoms with Crippen LogP contribution in [-0.2, 0) is 0 Å². The van der Waals surface area contributed by atoms with Gasteiger partial charge in [-0.2, -0.15) is 13.2 Å². The van der Waals surface area contributed by atoms with Gasteiger partial charge in [0.1, 0.15) is 5.75 Å². The highest BCUT2D eigenvalue weighted by Crippen LogP contribution is 2.30. The van der Waals surface area contributed by atoms with Gasteiger partial charge in [-0.25, -0.2) is 0 Å². The molecular weight excluding hydrogens is 339 g/mol. The highest BCUT2D eigenvalue weighted by Gasteiger charge is 2.25. The molecule has 5 heteroatoms. The second-order valence-electron chi connectivity index (χ2n) is 6.88. The quantitative estimate of drug-likeness (QED) is 0.395. The van der Waals surface area contributed by atoms with Crippen LogP contribution in [0.3, 0.4) is 0 Å². The average molecular weight is 369 g/mol. The second-order valence-corrected chi connectivity index (χ2v) is 6.88. The molecule has 1 heterocycles. The predicted molar refractivity (Wildman–Crippen MR) is 101 cm³/mol. The van der Waals surface area contributed by atoms with E-state index in [2.05, 4.69) is 23.2 Å². The smallest absolute Gasteiger partial charge is 0.389 e. The van der Waals surface area contributed by atoms with Gasteiger partial charge in [-0.3, -0.25) is 0 Å². The SMILES string of the molecule is FC(F)(F)CCCCCCCCCOc1ccccc1N1C=CCCC1. The molecule has 0 aliphatic carbocycles. The molecule has 146 valence electrons. The lowest BCUT2D eigenvalue weighted by Gasteiger charge is -2.25. The van der Waals surface area contributed by atoms with E-state index in [0.717, 1.165) is 62.9 Å². The lowest BCUT2D eigenvalue weighted by Crippen LogP contribution is -2.20. The number of allylic oxidation sites excluding steroid dienone is 1. The number of hydrogen-bond donors (Lipinski definition) is 0. The summed E-state index contributed by atoms with van der Waals surface area (Å²) >= 11 is 0. The van der Waals surface area contributed by atoms with Crippen LogP contribution < -0.4 is 9.64 Å². The van der Waals surface area contributed by atoms with Gasteiger partial charge in [-0.1, -0.05) is 50.3 Å². The Morgan fingerprint density at radius 2 is 1.62 bits per heavy atom. The van der Waals surface area contributed by atoms with E-state index in [1.54, 1.807) is 0 Å². The summed E-state index contributed by atoms with van der Waals surface area (Å²) in [5.41, 5.74) is 1.12. The van der Waals surface area contributed by atoms with Gasteiger partial charge in [0.25, 0.3) is 0 Å². The molecule has 0 saturated heterocycles. The van der Waals surface area contributed by atoms with Crippen LogP contribution in [-0.4, -0.2) is 19.3 Å². The zero-order valence-corrected chi connectivity index (χ0v) is 15.4. The lowest BCUT2D eigenvalue weighted by molar-refractivity contribution is -0.135. The first kappa shape index (κ1) is 20.7. The standard InChI is InChI=1S/C21H30F3NO/c22-21(23,24)15-9-4-2-1-3-5-12-18-26-20-14-8-7-13-19(20)25-16-10-6-11-17-25/h7-8,10,13-14,16H,1-6,9,11-12,15,17-18H2. The summed E-state index contributed by atoms with van der Waals surface area (Å²) in [6.07, 6.45) is 7.89. The van der Waals surface area contributed by atoms with Crippen LogP contribution in [0.1, 0.15) is 64.2 Å². The Bertz CT molecular complexity index is 542. The maximum absolute atomic E-state index is 12.0. The first-order chi connectivity index (χ1) is 12.6. The number of benzene rings is 1. The highest BCUT2D eigenvalue weighted by molar-refractivity contribution is 5.60. The molecule has 0 atom stereocenters. The van der Waals surface area contributed by atoms with Crippen molar-refractivity contribution in [3.05, 3.63) is 36.5 Å². The normalized spacial score (nSPS) is 14.7. The fraction of sp³-hybridized carbons (Fsp3) is 0.619. The molecule has 1 aliphatic heterocycles. The highest BCUT2D eigenvalue weighted by atomic mass is 19.4. The largest absolute Gasteiger partial charge is 0.491 e. The van der Waals surface area contributed by atoms with Gasteiger partial charge >= 0.3 is 6.18 Å². The molecule has 2 rings (SSSR count). The minimum atomic E-state index is -4.00. The fourth-order valence-corrected chi connectivity index (χ4v) is 3.17. The second kappa shape index (κ2) is 11.1. The first-order valence-corrected chi connectivity index (χ1v) is 9.78. The molecule has 0 bridgehead atoms. The third-order valence-corrected chi connectivity index (χ3v) is 4.59. The summed E-state index contributed by atoms with van der Waals surface area (Å²) < 4.78 is 42.1. The summed E-state index contributed by atoms with van der Waals surface area (Å²) in [6.45, 7) is 1.70. The minimum absolute atomic E-state index is 0.258. The van der Waals surface area contributed by atoms with E-state index < -0.39 is 12.6 Å². The van der Waals surface area contributed by atoms with Gasteiger partial charge in [-0.05, 0) is 37.8 Å². The van der Waals surface area contributed by atoms with Crippen molar-refractivity contribution in [3.63, 3.8) is 0 Å². The Hall–Kier alpha value is -1.65. The van der Waals surface area contributed by atoms with Crippen LogP contribution in [0.4, 0.5) is 18.9 Å². The van der Waals surface area contributed by atoms with E-state index in [1.807, 2.05) is 18.2 Å². The van der Waals surface area contributed by atoms with Crippen LogP contribution in [0.15, 0.2) is 36.5 Å². The van der Waals surface area contributed by atoms with Crippen LogP contribution in [0.25, 0.3) is 0 Å². The number of halogens is 3. The van der Waals surface area contributed by atoms with Crippen molar-refractivity contribution in [1.29, 1.82) is 0 Å². The molecule has 0 aromatic heterocycles. The number of nitrogens with zero attached hydrogens (tertiary/aromatic N) is 1. The number of ether oxygens (including phenoxy) is 1. The molecular formula is C21H30F3NO. The maximum Gasteiger partial charge on any atom is 0.389 e. The Labute approximate surface area is 155 Å². The molecule has 0 radical (unpaired) electrons. The summed E-state index contributed by atoms with van der Waals surface area (Å²) in [5.74, 6) is 0.922. The van der Waals surface area contributed by atoms with Crippen molar-refractivity contribution in [2.45, 2.75) is 70.4 Å². The molecule has 2 nitrogen and oxygen atoms in total. The average Bonchev–Trinajstić information content (AvgIpc) is 2.63. The van der Waals surface area contributed by atoms with Gasteiger partial charge in [0.15, 0.2) is 0 Å². The van der Waals surface area contributed by atoms with Crippen molar-refractivity contribution >= 4 is 5.69 Å². The monoisotopic (exact) mass is 369 g/mol. The van der Waals surface area contributed by atoms with Gasteiger partial charge < -0.3 is 9.64 Å². The number of hydrogen-bond acceptors (Lipinski definition) is 2. The molecule has 1 aliphatic rings. The Morgan fingerprint density at radius 1 is 0.923 bits per heavy atom. The van der Waals surface area contributed by atoms with Gasteiger partial charge in [0.2, 0.25) is 0 Å². The Balaban J connectivity index is 1.56. The van der Waals surface area contributed by atoms with E-state index in [4.69, 9.17) is 4.74 Å². The molecule has 1 aromatic carbocycles. The fourth-order valence-electron chi connectivity index (χ4n) is 3.17. The Kier molecular flexibility index (Phi) is 8.86. The van der Waals surface area contributed by atoms with Crippen LogP contribution in [0.2, 0.25) is 0 Å². The van der Waals surface area contributed by atoms with E-state index in [9.17, 15) is 13.2 Å². The summed E-state index contributed by atoms with van der Waals surface area (Å²) in [7, 11) is 0. The third-order valence-electron chi connectivity index (χ3n) is 4.59. The number of para-hydroxylation sites is 2. The van der Waals surface area contributed by atoms with Crippen molar-refractivity contribution in [2.24, 2.45) is 0 Å². The summed E-state index contributed by atoms with van der Waals surface area (Å²) in [6, 6.07) is 8.13. The molecule has 26 heavy (non-hydrogen) atoms. The van der Waals surface area contributed by atoms with Crippen LogP contribution >= 0.6 is 0 Å². The van der Waals surface area contributed by atoms with Gasteiger partial charge in [-0.15, -0.1) is 0 Å². The number of anilines is 1. The number of unbranched alkanes of at least 4 members (excludes halogenated alkanes) is 6. The minimum Gasteiger partial charge on any atom is -0.491 e.